The van der Waals surface area contributed by atoms with Crippen molar-refractivity contribution in [3.63, 3.8) is 0 Å². The summed E-state index contributed by atoms with van der Waals surface area (Å²) in [6, 6.07) is 6.08. The third-order valence-corrected chi connectivity index (χ3v) is 2.47. The minimum atomic E-state index is 0.369. The average Bonchev–Trinajstić information content (AvgIpc) is 1.85. The van der Waals surface area contributed by atoms with E-state index in [1.54, 1.807) is 0 Å². The van der Waals surface area contributed by atoms with Crippen molar-refractivity contribution in [2.75, 3.05) is 0 Å². The molecule has 2 heteroatoms. The molecule has 0 spiro atoms. The van der Waals surface area contributed by atoms with Gasteiger partial charge < -0.3 is 0 Å². The summed E-state index contributed by atoms with van der Waals surface area (Å²) in [6.07, 6.45) is 1.86. The van der Waals surface area contributed by atoms with E-state index in [0.29, 0.717) is 5.04 Å². The minimum absolute atomic E-state index is 0.369. The molecule has 0 aromatic carbocycles. The molecular formula is C9H13NSi. The predicted octanol–water partition coefficient (Wildman–Crippen LogP) is 1.63. The zero-order chi connectivity index (χ0) is 8.32. The van der Waals surface area contributed by atoms with Crippen LogP contribution in [-0.4, -0.2) is 14.5 Å². The van der Waals surface area contributed by atoms with Crippen LogP contribution >= 0.6 is 0 Å². The normalized spacial score (nSPS) is 11.5. The molecule has 1 aromatic rings. The van der Waals surface area contributed by atoms with E-state index in [4.69, 9.17) is 0 Å². The van der Waals surface area contributed by atoms with E-state index in [-0.39, 0.29) is 0 Å². The Morgan fingerprint density at radius 3 is 2.45 bits per heavy atom. The van der Waals surface area contributed by atoms with E-state index < -0.39 is 0 Å². The van der Waals surface area contributed by atoms with Crippen LogP contribution < -0.4 is 5.32 Å². The number of nitrogens with zero attached hydrogens (tertiary/aromatic N) is 1. The Morgan fingerprint density at radius 2 is 2.00 bits per heavy atom. The number of aromatic nitrogens is 1. The van der Waals surface area contributed by atoms with Crippen LogP contribution in [0.2, 0.25) is 5.04 Å². The first-order valence-corrected chi connectivity index (χ1v) is 4.77. The third kappa shape index (κ3) is 3.32. The molecule has 0 saturated heterocycles. The van der Waals surface area contributed by atoms with Crippen LogP contribution in [0.1, 0.15) is 20.8 Å². The SMILES string of the molecule is CC(C)(C)[Si]c1ccccn1. The highest BCUT2D eigenvalue weighted by atomic mass is 28.2. The van der Waals surface area contributed by atoms with E-state index in [0.717, 1.165) is 9.52 Å². The molecule has 1 aromatic heterocycles. The molecule has 0 saturated carbocycles. The van der Waals surface area contributed by atoms with E-state index in [1.165, 1.54) is 5.32 Å². The monoisotopic (exact) mass is 163 g/mol. The molecule has 0 atom stereocenters. The Kier molecular flexibility index (Phi) is 2.44. The smallest absolute Gasteiger partial charge is 0.113 e. The fraction of sp³-hybridized carbons (Fsp3) is 0.444. The summed E-state index contributed by atoms with van der Waals surface area (Å²) in [7, 11) is 0.803. The lowest BCUT2D eigenvalue weighted by Gasteiger charge is -2.15. The minimum Gasteiger partial charge on any atom is -0.267 e. The van der Waals surface area contributed by atoms with Gasteiger partial charge in [-0.25, -0.2) is 0 Å². The van der Waals surface area contributed by atoms with E-state index in [9.17, 15) is 0 Å². The van der Waals surface area contributed by atoms with Gasteiger partial charge in [0, 0.05) is 11.5 Å². The van der Waals surface area contributed by atoms with Crippen molar-refractivity contribution in [2.45, 2.75) is 25.8 Å². The molecule has 0 aliphatic carbocycles. The first-order valence-electron chi connectivity index (χ1n) is 3.77. The quantitative estimate of drug-likeness (QED) is 0.573. The Morgan fingerprint density at radius 1 is 1.27 bits per heavy atom. The van der Waals surface area contributed by atoms with E-state index in [1.807, 2.05) is 18.3 Å². The lowest BCUT2D eigenvalue weighted by atomic mass is 10.3. The van der Waals surface area contributed by atoms with Crippen molar-refractivity contribution >= 4 is 14.8 Å². The van der Waals surface area contributed by atoms with Gasteiger partial charge in [-0.3, -0.25) is 4.98 Å². The molecule has 1 nitrogen and oxygen atoms in total. The highest BCUT2D eigenvalue weighted by molar-refractivity contribution is 6.55. The molecule has 0 amide bonds. The van der Waals surface area contributed by atoms with Crippen LogP contribution in [-0.2, 0) is 0 Å². The van der Waals surface area contributed by atoms with Crippen molar-refractivity contribution in [3.8, 4) is 0 Å². The van der Waals surface area contributed by atoms with Crippen LogP contribution in [0.25, 0.3) is 0 Å². The molecule has 0 fully saturated rings. The molecular weight excluding hydrogens is 150 g/mol. The second kappa shape index (κ2) is 3.18. The Bertz CT molecular complexity index is 213. The molecule has 0 unspecified atom stereocenters. The lowest BCUT2D eigenvalue weighted by molar-refractivity contribution is 0.758. The van der Waals surface area contributed by atoms with Gasteiger partial charge in [0.05, 0.1) is 0 Å². The van der Waals surface area contributed by atoms with Gasteiger partial charge in [0.1, 0.15) is 9.52 Å². The van der Waals surface area contributed by atoms with Gasteiger partial charge in [0.2, 0.25) is 0 Å². The van der Waals surface area contributed by atoms with Crippen molar-refractivity contribution in [3.05, 3.63) is 24.4 Å². The average molecular weight is 163 g/mol. The standard InChI is InChI=1S/C9H13NSi/c1-9(2,3)11-8-6-4-5-7-10-8/h4-7H,1-3H3. The fourth-order valence-electron chi connectivity index (χ4n) is 0.821. The number of hydrogen-bond donors (Lipinski definition) is 0. The summed E-state index contributed by atoms with van der Waals surface area (Å²) in [5.41, 5.74) is 0. The van der Waals surface area contributed by atoms with Crippen molar-refractivity contribution in [1.82, 2.24) is 4.98 Å². The maximum atomic E-state index is 4.28. The summed E-state index contributed by atoms with van der Waals surface area (Å²) in [5, 5.41) is 1.58. The lowest BCUT2D eigenvalue weighted by Crippen LogP contribution is -2.25. The van der Waals surface area contributed by atoms with Crippen LogP contribution in [0.5, 0.6) is 0 Å². The summed E-state index contributed by atoms with van der Waals surface area (Å²) < 4.78 is 0. The second-order valence-corrected chi connectivity index (χ2v) is 5.85. The van der Waals surface area contributed by atoms with Gasteiger partial charge >= 0.3 is 0 Å². The van der Waals surface area contributed by atoms with Gasteiger partial charge in [-0.05, 0) is 17.2 Å². The molecule has 58 valence electrons. The fourth-order valence-corrected chi connectivity index (χ4v) is 1.91. The summed E-state index contributed by atoms with van der Waals surface area (Å²) >= 11 is 0. The van der Waals surface area contributed by atoms with Gasteiger partial charge in [0.15, 0.2) is 0 Å². The van der Waals surface area contributed by atoms with Gasteiger partial charge in [0.25, 0.3) is 0 Å². The number of rotatable bonds is 1. The highest BCUT2D eigenvalue weighted by Gasteiger charge is 2.12. The van der Waals surface area contributed by atoms with Crippen molar-refractivity contribution in [1.29, 1.82) is 0 Å². The Balaban J connectivity index is 2.66. The van der Waals surface area contributed by atoms with Gasteiger partial charge in [-0.15, -0.1) is 0 Å². The number of hydrogen-bond acceptors (Lipinski definition) is 1. The first kappa shape index (κ1) is 8.46. The first-order chi connectivity index (χ1) is 5.08. The summed E-state index contributed by atoms with van der Waals surface area (Å²) in [5.74, 6) is 0. The third-order valence-electron chi connectivity index (χ3n) is 1.17. The summed E-state index contributed by atoms with van der Waals surface area (Å²) in [4.78, 5) is 4.28. The van der Waals surface area contributed by atoms with Crippen LogP contribution in [0.15, 0.2) is 24.4 Å². The molecule has 1 heterocycles. The van der Waals surface area contributed by atoms with Crippen molar-refractivity contribution < 1.29 is 0 Å². The maximum Gasteiger partial charge on any atom is 0.113 e. The highest BCUT2D eigenvalue weighted by Crippen LogP contribution is 2.18. The zero-order valence-electron chi connectivity index (χ0n) is 7.26. The summed E-state index contributed by atoms with van der Waals surface area (Å²) in [6.45, 7) is 6.71. The van der Waals surface area contributed by atoms with E-state index >= 15 is 0 Å². The topological polar surface area (TPSA) is 12.9 Å². The predicted molar refractivity (Wildman–Crippen MR) is 49.3 cm³/mol. The molecule has 1 rings (SSSR count). The molecule has 11 heavy (non-hydrogen) atoms. The Labute approximate surface area is 70.7 Å². The maximum absolute atomic E-state index is 4.28. The van der Waals surface area contributed by atoms with E-state index in [2.05, 4.69) is 31.8 Å². The van der Waals surface area contributed by atoms with Crippen molar-refractivity contribution in [2.24, 2.45) is 0 Å². The zero-order valence-corrected chi connectivity index (χ0v) is 8.26. The molecule has 0 aliphatic rings. The molecule has 2 radical (unpaired) electrons. The van der Waals surface area contributed by atoms with Crippen LogP contribution in [0.3, 0.4) is 0 Å². The number of pyridine rings is 1. The Hall–Kier alpha value is -0.633. The molecule has 0 aliphatic heterocycles. The second-order valence-electron chi connectivity index (χ2n) is 3.59. The largest absolute Gasteiger partial charge is 0.267 e. The van der Waals surface area contributed by atoms with Gasteiger partial charge in [-0.1, -0.05) is 26.8 Å². The van der Waals surface area contributed by atoms with Crippen LogP contribution in [0, 0.1) is 0 Å². The molecule has 0 bridgehead atoms. The molecule has 0 N–H and O–H groups in total. The van der Waals surface area contributed by atoms with Gasteiger partial charge in [-0.2, -0.15) is 0 Å². The van der Waals surface area contributed by atoms with Crippen LogP contribution in [0.4, 0.5) is 0 Å².